The van der Waals surface area contributed by atoms with Gasteiger partial charge in [0.25, 0.3) is 0 Å². The van der Waals surface area contributed by atoms with E-state index in [9.17, 15) is 4.39 Å². The van der Waals surface area contributed by atoms with Gasteiger partial charge in [-0.3, -0.25) is 0 Å². The van der Waals surface area contributed by atoms with Crippen molar-refractivity contribution in [2.75, 3.05) is 0 Å². The molecule has 0 radical (unpaired) electrons. The van der Waals surface area contributed by atoms with Crippen molar-refractivity contribution in [3.8, 4) is 11.3 Å². The summed E-state index contributed by atoms with van der Waals surface area (Å²) in [4.78, 5) is 7.42. The SMILES string of the molecule is Fc1ccc2c(Cn3ccnc3)c(-c3ccc(Cl)cc3)[nH]c2c1. The van der Waals surface area contributed by atoms with Gasteiger partial charge in [0.1, 0.15) is 5.82 Å². The molecule has 0 amide bonds. The van der Waals surface area contributed by atoms with Crippen molar-refractivity contribution >= 4 is 22.5 Å². The number of fused-ring (bicyclic) bond motifs is 1. The van der Waals surface area contributed by atoms with Gasteiger partial charge in [0.05, 0.1) is 18.6 Å². The molecule has 2 aromatic heterocycles. The molecule has 0 aliphatic heterocycles. The molecule has 0 saturated carbocycles. The number of nitrogens with one attached hydrogen (secondary N) is 1. The first kappa shape index (κ1) is 14.0. The van der Waals surface area contributed by atoms with E-state index >= 15 is 0 Å². The maximum atomic E-state index is 13.6. The lowest BCUT2D eigenvalue weighted by atomic mass is 10.1. The Morgan fingerprint density at radius 2 is 1.96 bits per heavy atom. The quantitative estimate of drug-likeness (QED) is 0.572. The van der Waals surface area contributed by atoms with Crippen LogP contribution in [0.25, 0.3) is 22.2 Å². The summed E-state index contributed by atoms with van der Waals surface area (Å²) in [5.41, 5.74) is 3.86. The largest absolute Gasteiger partial charge is 0.354 e. The Balaban J connectivity index is 1.92. The number of halogens is 2. The Morgan fingerprint density at radius 1 is 1.13 bits per heavy atom. The molecule has 4 aromatic rings. The lowest BCUT2D eigenvalue weighted by Gasteiger charge is -2.06. The molecule has 0 aliphatic rings. The summed E-state index contributed by atoms with van der Waals surface area (Å²) in [6, 6.07) is 12.4. The van der Waals surface area contributed by atoms with E-state index in [1.54, 1.807) is 12.5 Å². The number of aromatic nitrogens is 3. The first-order valence-electron chi connectivity index (χ1n) is 7.22. The van der Waals surface area contributed by atoms with E-state index in [2.05, 4.69) is 9.97 Å². The van der Waals surface area contributed by atoms with Crippen LogP contribution in [0.2, 0.25) is 5.02 Å². The van der Waals surface area contributed by atoms with E-state index < -0.39 is 0 Å². The molecule has 2 aromatic carbocycles. The van der Waals surface area contributed by atoms with Crippen molar-refractivity contribution in [3.05, 3.63) is 77.6 Å². The van der Waals surface area contributed by atoms with Crippen LogP contribution in [0, 0.1) is 5.82 Å². The molecule has 0 unspecified atom stereocenters. The number of rotatable bonds is 3. The highest BCUT2D eigenvalue weighted by atomic mass is 35.5. The van der Waals surface area contributed by atoms with Crippen molar-refractivity contribution in [2.45, 2.75) is 6.54 Å². The first-order valence-corrected chi connectivity index (χ1v) is 7.60. The predicted octanol–water partition coefficient (Wildman–Crippen LogP) is 4.87. The average molecular weight is 326 g/mol. The van der Waals surface area contributed by atoms with E-state index in [1.165, 1.54) is 12.1 Å². The fourth-order valence-corrected chi connectivity index (χ4v) is 2.94. The monoisotopic (exact) mass is 325 g/mol. The second kappa shape index (κ2) is 5.56. The van der Waals surface area contributed by atoms with Crippen molar-refractivity contribution in [1.82, 2.24) is 14.5 Å². The fraction of sp³-hybridized carbons (Fsp3) is 0.0556. The lowest BCUT2D eigenvalue weighted by molar-refractivity contribution is 0.629. The number of benzene rings is 2. The maximum absolute atomic E-state index is 13.6. The van der Waals surface area contributed by atoms with Gasteiger partial charge in [-0.2, -0.15) is 0 Å². The van der Waals surface area contributed by atoms with Crippen LogP contribution in [0.1, 0.15) is 5.56 Å². The lowest BCUT2D eigenvalue weighted by Crippen LogP contribution is -1.97. The van der Waals surface area contributed by atoms with E-state index in [4.69, 9.17) is 11.6 Å². The van der Waals surface area contributed by atoms with Gasteiger partial charge >= 0.3 is 0 Å². The molecule has 0 atom stereocenters. The van der Waals surface area contributed by atoms with E-state index in [0.29, 0.717) is 11.6 Å². The molecular weight excluding hydrogens is 313 g/mol. The highest BCUT2D eigenvalue weighted by Crippen LogP contribution is 2.32. The van der Waals surface area contributed by atoms with E-state index in [-0.39, 0.29) is 5.82 Å². The van der Waals surface area contributed by atoms with Gasteiger partial charge in [0, 0.05) is 33.9 Å². The van der Waals surface area contributed by atoms with Crippen LogP contribution in [-0.2, 0) is 6.54 Å². The first-order chi connectivity index (χ1) is 11.2. The third-order valence-electron chi connectivity index (χ3n) is 3.90. The zero-order chi connectivity index (χ0) is 15.8. The van der Waals surface area contributed by atoms with Crippen molar-refractivity contribution in [2.24, 2.45) is 0 Å². The van der Waals surface area contributed by atoms with Crippen molar-refractivity contribution < 1.29 is 4.39 Å². The zero-order valence-corrected chi connectivity index (χ0v) is 12.9. The molecule has 4 rings (SSSR count). The van der Waals surface area contributed by atoms with Crippen LogP contribution in [0.3, 0.4) is 0 Å². The van der Waals surface area contributed by atoms with Crippen LogP contribution in [0.15, 0.2) is 61.2 Å². The summed E-state index contributed by atoms with van der Waals surface area (Å²) in [5, 5.41) is 1.69. The second-order valence-corrected chi connectivity index (χ2v) is 5.85. The van der Waals surface area contributed by atoms with Gasteiger partial charge in [-0.1, -0.05) is 23.7 Å². The maximum Gasteiger partial charge on any atom is 0.125 e. The molecule has 1 N–H and O–H groups in total. The van der Waals surface area contributed by atoms with Crippen LogP contribution in [0.4, 0.5) is 4.39 Å². The van der Waals surface area contributed by atoms with E-state index in [1.807, 2.05) is 41.1 Å². The van der Waals surface area contributed by atoms with Gasteiger partial charge in [-0.05, 0) is 35.9 Å². The topological polar surface area (TPSA) is 33.6 Å². The molecule has 0 bridgehead atoms. The molecule has 5 heteroatoms. The Labute approximate surface area is 137 Å². The van der Waals surface area contributed by atoms with Gasteiger partial charge in [0.2, 0.25) is 0 Å². The van der Waals surface area contributed by atoms with Crippen LogP contribution >= 0.6 is 11.6 Å². The summed E-state index contributed by atoms with van der Waals surface area (Å²) < 4.78 is 15.5. The molecule has 23 heavy (non-hydrogen) atoms. The minimum Gasteiger partial charge on any atom is -0.354 e. The summed E-state index contributed by atoms with van der Waals surface area (Å²) in [5.74, 6) is -0.254. The van der Waals surface area contributed by atoms with Gasteiger partial charge in [0.15, 0.2) is 0 Å². The Kier molecular flexibility index (Phi) is 3.39. The standard InChI is InChI=1S/C18H13ClFN3/c19-13-3-1-12(2-4-13)18-16(10-23-8-7-21-11-23)15-6-5-14(20)9-17(15)22-18/h1-9,11,22H,10H2. The molecule has 0 fully saturated rings. The van der Waals surface area contributed by atoms with Crippen LogP contribution in [-0.4, -0.2) is 14.5 Å². The van der Waals surface area contributed by atoms with Gasteiger partial charge in [-0.25, -0.2) is 9.37 Å². The minimum absolute atomic E-state index is 0.254. The molecule has 0 saturated heterocycles. The summed E-state index contributed by atoms with van der Waals surface area (Å²) in [6.45, 7) is 0.656. The highest BCUT2D eigenvalue weighted by molar-refractivity contribution is 6.30. The number of hydrogen-bond acceptors (Lipinski definition) is 1. The summed E-state index contributed by atoms with van der Waals surface area (Å²) in [7, 11) is 0. The second-order valence-electron chi connectivity index (χ2n) is 5.41. The van der Waals surface area contributed by atoms with Crippen molar-refractivity contribution in [1.29, 1.82) is 0 Å². The number of nitrogens with zero attached hydrogens (tertiary/aromatic N) is 2. The predicted molar refractivity (Wildman–Crippen MR) is 90.0 cm³/mol. The molecule has 2 heterocycles. The summed E-state index contributed by atoms with van der Waals surface area (Å²) in [6.07, 6.45) is 5.43. The number of aromatic amines is 1. The molecule has 0 spiro atoms. The van der Waals surface area contributed by atoms with Crippen LogP contribution < -0.4 is 0 Å². The Bertz CT molecular complexity index is 956. The normalized spacial score (nSPS) is 11.2. The fourth-order valence-electron chi connectivity index (χ4n) is 2.82. The van der Waals surface area contributed by atoms with Crippen LogP contribution in [0.5, 0.6) is 0 Å². The zero-order valence-electron chi connectivity index (χ0n) is 12.1. The third kappa shape index (κ3) is 2.62. The highest BCUT2D eigenvalue weighted by Gasteiger charge is 2.14. The molecular formula is C18H13ClFN3. The minimum atomic E-state index is -0.254. The number of H-pyrrole nitrogens is 1. The number of imidazole rings is 1. The Hall–Kier alpha value is -2.59. The van der Waals surface area contributed by atoms with E-state index in [0.717, 1.165) is 27.7 Å². The average Bonchev–Trinajstić information content (AvgIpc) is 3.17. The van der Waals surface area contributed by atoms with Gasteiger partial charge in [-0.15, -0.1) is 0 Å². The van der Waals surface area contributed by atoms with Crippen molar-refractivity contribution in [3.63, 3.8) is 0 Å². The third-order valence-corrected chi connectivity index (χ3v) is 4.15. The number of hydrogen-bond donors (Lipinski definition) is 1. The summed E-state index contributed by atoms with van der Waals surface area (Å²) >= 11 is 5.98. The smallest absolute Gasteiger partial charge is 0.125 e. The van der Waals surface area contributed by atoms with Gasteiger partial charge < -0.3 is 9.55 Å². The molecule has 114 valence electrons. The Morgan fingerprint density at radius 3 is 2.70 bits per heavy atom. The molecule has 0 aliphatic carbocycles. The molecule has 3 nitrogen and oxygen atoms in total.